The summed E-state index contributed by atoms with van der Waals surface area (Å²) in [6.07, 6.45) is -4.24. The summed E-state index contributed by atoms with van der Waals surface area (Å²) in [7, 11) is 0. The van der Waals surface area contributed by atoms with Gasteiger partial charge in [0.1, 0.15) is 18.3 Å². The highest BCUT2D eigenvalue weighted by atomic mass is 16.6. The Balaban J connectivity index is 2.72. The maximum Gasteiger partial charge on any atom is 0.331 e. The van der Waals surface area contributed by atoms with Crippen molar-refractivity contribution in [2.75, 3.05) is 6.61 Å². The molecule has 1 fully saturated rings. The van der Waals surface area contributed by atoms with Gasteiger partial charge >= 0.3 is 5.69 Å². The Morgan fingerprint density at radius 2 is 2.05 bits per heavy atom. The van der Waals surface area contributed by atoms with Crippen LogP contribution in [-0.2, 0) is 20.1 Å². The van der Waals surface area contributed by atoms with Crippen LogP contribution in [0.2, 0.25) is 0 Å². The van der Waals surface area contributed by atoms with Crippen LogP contribution in [0.4, 0.5) is 0 Å². The molecule has 0 saturated carbocycles. The second-order valence-electron chi connectivity index (χ2n) is 4.84. The number of H-pyrrole nitrogens is 1. The van der Waals surface area contributed by atoms with Crippen molar-refractivity contribution in [1.82, 2.24) is 9.55 Å². The van der Waals surface area contributed by atoms with E-state index in [1.54, 1.807) is 0 Å². The predicted octanol–water partition coefficient (Wildman–Crippen LogP) is -3.54. The number of rotatable bonds is 4. The van der Waals surface area contributed by atoms with E-state index >= 15 is 0 Å². The molecule has 2 rings (SSSR count). The number of aromatic nitrogens is 2. The second kappa shape index (κ2) is 5.57. The molecule has 0 aliphatic carbocycles. The normalized spacial score (nSPS) is 31.2. The van der Waals surface area contributed by atoms with E-state index in [0.29, 0.717) is 4.57 Å². The molecule has 1 aliphatic heterocycles. The monoisotopic (exact) mass is 314 g/mol. The molecule has 10 nitrogen and oxygen atoms in total. The van der Waals surface area contributed by atoms with Gasteiger partial charge in [0, 0.05) is 19.2 Å². The van der Waals surface area contributed by atoms with Crippen LogP contribution in [0.1, 0.15) is 6.92 Å². The molecule has 1 aromatic heterocycles. The van der Waals surface area contributed by atoms with E-state index in [4.69, 9.17) is 9.84 Å². The molecule has 0 radical (unpaired) electrons. The molecule has 4 atom stereocenters. The van der Waals surface area contributed by atoms with Gasteiger partial charge in [0.05, 0.1) is 6.61 Å². The molecule has 1 saturated heterocycles. The fraction of sp³-hybridized carbons (Fsp3) is 0.500. The summed E-state index contributed by atoms with van der Waals surface area (Å²) >= 11 is 0. The lowest BCUT2D eigenvalue weighted by Gasteiger charge is -2.31. The van der Waals surface area contributed by atoms with Crippen LogP contribution < -0.4 is 11.2 Å². The number of aliphatic hydroxyl groups is 3. The van der Waals surface area contributed by atoms with Gasteiger partial charge in [-0.15, -0.1) is 0 Å². The molecule has 0 bridgehead atoms. The Hall–Kier alpha value is -2.14. The van der Waals surface area contributed by atoms with Gasteiger partial charge in [0.2, 0.25) is 11.5 Å². The van der Waals surface area contributed by atoms with Gasteiger partial charge < -0.3 is 20.1 Å². The largest absolute Gasteiger partial charge is 0.394 e. The Morgan fingerprint density at radius 3 is 2.50 bits per heavy atom. The number of ketones is 2. The minimum atomic E-state index is -2.56. The Kier molecular flexibility index (Phi) is 4.11. The second-order valence-corrected chi connectivity index (χ2v) is 4.84. The van der Waals surface area contributed by atoms with Crippen molar-refractivity contribution in [2.24, 2.45) is 0 Å². The van der Waals surface area contributed by atoms with Crippen molar-refractivity contribution in [3.63, 3.8) is 0 Å². The van der Waals surface area contributed by atoms with Crippen molar-refractivity contribution in [3.8, 4) is 0 Å². The first-order valence-corrected chi connectivity index (χ1v) is 6.28. The zero-order valence-electron chi connectivity index (χ0n) is 11.4. The lowest BCUT2D eigenvalue weighted by atomic mass is 9.96. The number of hydrogen-bond acceptors (Lipinski definition) is 8. The Bertz CT molecular complexity index is 722. The smallest absolute Gasteiger partial charge is 0.331 e. The summed E-state index contributed by atoms with van der Waals surface area (Å²) in [4.78, 5) is 48.6. The quantitative estimate of drug-likeness (QED) is 0.416. The topological polar surface area (TPSA) is 159 Å². The number of carbonyl (C=O) groups excluding carboxylic acids is 2. The average Bonchev–Trinajstić information content (AvgIpc) is 2.72. The van der Waals surface area contributed by atoms with E-state index < -0.39 is 53.5 Å². The van der Waals surface area contributed by atoms with Gasteiger partial charge in [-0.3, -0.25) is 23.9 Å². The zero-order chi connectivity index (χ0) is 16.7. The van der Waals surface area contributed by atoms with Crippen LogP contribution >= 0.6 is 0 Å². The van der Waals surface area contributed by atoms with E-state index in [0.717, 1.165) is 19.2 Å². The lowest BCUT2D eigenvalue weighted by molar-refractivity contribution is -0.178. The van der Waals surface area contributed by atoms with Gasteiger partial charge in [-0.25, -0.2) is 4.79 Å². The standard InChI is InChI=1S/C12H14N2O8/c1-5(16)9(19)12(10(20)8(18)6(4-15)22-12)14-3-2-7(17)13-11(14)21/h2-3,6,8,10,15,18,20H,4H2,1H3,(H,13,17,21)/t6-,8-,10-,12-/m1/s1. The maximum absolute atomic E-state index is 12.2. The van der Waals surface area contributed by atoms with Crippen LogP contribution in [0.3, 0.4) is 0 Å². The molecule has 22 heavy (non-hydrogen) atoms. The molecule has 0 aromatic carbocycles. The first kappa shape index (κ1) is 16.2. The minimum Gasteiger partial charge on any atom is -0.394 e. The average molecular weight is 314 g/mol. The number of nitrogens with zero attached hydrogens (tertiary/aromatic N) is 1. The van der Waals surface area contributed by atoms with Gasteiger partial charge in [-0.1, -0.05) is 0 Å². The molecule has 4 N–H and O–H groups in total. The third-order valence-corrected chi connectivity index (χ3v) is 3.44. The van der Waals surface area contributed by atoms with E-state index in [1.807, 2.05) is 4.98 Å². The Labute approximate surface area is 122 Å². The van der Waals surface area contributed by atoms with E-state index in [2.05, 4.69) is 0 Å². The van der Waals surface area contributed by atoms with E-state index in [1.165, 1.54) is 0 Å². The molecule has 1 aromatic rings. The Morgan fingerprint density at radius 1 is 1.41 bits per heavy atom. The first-order chi connectivity index (χ1) is 10.3. The third-order valence-electron chi connectivity index (χ3n) is 3.44. The SMILES string of the molecule is CC(=O)C(=O)[C@@]1(n2ccc(=O)[nH]c2=O)O[C@H](CO)[C@@H](O)[C@H]1O. The number of nitrogens with one attached hydrogen (secondary N) is 1. The number of Topliss-reactive ketones (excluding diaryl/α,β-unsaturated/α-hetero) is 2. The summed E-state index contributed by atoms with van der Waals surface area (Å²) < 4.78 is 5.69. The van der Waals surface area contributed by atoms with Crippen LogP contribution in [0.25, 0.3) is 0 Å². The van der Waals surface area contributed by atoms with E-state index in [-0.39, 0.29) is 0 Å². The molecular formula is C12H14N2O8. The van der Waals surface area contributed by atoms with Crippen molar-refractivity contribution in [3.05, 3.63) is 33.1 Å². The molecular weight excluding hydrogens is 300 g/mol. The van der Waals surface area contributed by atoms with Crippen LogP contribution in [0.15, 0.2) is 21.9 Å². The van der Waals surface area contributed by atoms with Gasteiger partial charge in [-0.05, 0) is 0 Å². The van der Waals surface area contributed by atoms with Crippen molar-refractivity contribution >= 4 is 11.6 Å². The van der Waals surface area contributed by atoms with Gasteiger partial charge in [0.25, 0.3) is 11.3 Å². The highest BCUT2D eigenvalue weighted by Gasteiger charge is 2.61. The van der Waals surface area contributed by atoms with Crippen molar-refractivity contribution in [1.29, 1.82) is 0 Å². The summed E-state index contributed by atoms with van der Waals surface area (Å²) in [6.45, 7) is 0.138. The summed E-state index contributed by atoms with van der Waals surface area (Å²) in [6, 6.07) is 0.880. The van der Waals surface area contributed by atoms with E-state index in [9.17, 15) is 29.4 Å². The number of ether oxygens (including phenoxy) is 1. The highest BCUT2D eigenvalue weighted by Crippen LogP contribution is 2.35. The highest BCUT2D eigenvalue weighted by molar-refractivity contribution is 6.38. The number of hydrogen-bond donors (Lipinski definition) is 4. The minimum absolute atomic E-state index is 0.516. The number of aromatic amines is 1. The molecule has 120 valence electrons. The lowest BCUT2D eigenvalue weighted by Crippen LogP contribution is -2.58. The first-order valence-electron chi connectivity index (χ1n) is 6.28. The predicted molar refractivity (Wildman–Crippen MR) is 69.0 cm³/mol. The van der Waals surface area contributed by atoms with Crippen LogP contribution in [0.5, 0.6) is 0 Å². The third kappa shape index (κ3) is 2.22. The number of carbonyl (C=O) groups is 2. The van der Waals surface area contributed by atoms with Gasteiger partial charge in [0.15, 0.2) is 0 Å². The molecule has 10 heteroatoms. The number of aliphatic hydroxyl groups excluding tert-OH is 3. The molecule has 2 heterocycles. The fourth-order valence-corrected chi connectivity index (χ4v) is 2.38. The summed E-state index contributed by atoms with van der Waals surface area (Å²) in [5, 5.41) is 29.1. The van der Waals surface area contributed by atoms with Crippen LogP contribution in [0, 0.1) is 0 Å². The van der Waals surface area contributed by atoms with Crippen molar-refractivity contribution < 1.29 is 29.6 Å². The summed E-state index contributed by atoms with van der Waals surface area (Å²) in [5.41, 5.74) is -4.44. The maximum atomic E-state index is 12.2. The molecule has 0 spiro atoms. The van der Waals surface area contributed by atoms with Crippen LogP contribution in [-0.4, -0.2) is 61.4 Å². The molecule has 1 aliphatic rings. The fourth-order valence-electron chi connectivity index (χ4n) is 2.38. The van der Waals surface area contributed by atoms with Gasteiger partial charge in [-0.2, -0.15) is 0 Å². The van der Waals surface area contributed by atoms with Crippen molar-refractivity contribution in [2.45, 2.75) is 31.0 Å². The summed E-state index contributed by atoms with van der Waals surface area (Å²) in [5.74, 6) is -2.34. The zero-order valence-corrected chi connectivity index (χ0v) is 11.4. The molecule has 0 unspecified atom stereocenters. The molecule has 0 amide bonds.